The number of nitrogens with zero attached hydrogens (tertiary/aromatic N) is 2. The molecule has 0 spiro atoms. The van der Waals surface area contributed by atoms with Crippen molar-refractivity contribution in [3.8, 4) is 17.2 Å². The molecule has 172 valence electrons. The summed E-state index contributed by atoms with van der Waals surface area (Å²) >= 11 is 0. The Balaban J connectivity index is 1.45. The molecule has 2 aliphatic rings. The van der Waals surface area contributed by atoms with Crippen LogP contribution in [-0.4, -0.2) is 42.4 Å². The topological polar surface area (TPSA) is 45.2 Å². The van der Waals surface area contributed by atoms with Crippen LogP contribution in [0.2, 0.25) is 0 Å². The van der Waals surface area contributed by atoms with Gasteiger partial charge in [-0.1, -0.05) is 19.1 Å². The Kier molecular flexibility index (Phi) is 5.81. The highest BCUT2D eigenvalue weighted by molar-refractivity contribution is 5.73. The van der Waals surface area contributed by atoms with Crippen molar-refractivity contribution in [1.29, 1.82) is 0 Å². The van der Waals surface area contributed by atoms with Gasteiger partial charge in [-0.3, -0.25) is 4.90 Å². The minimum Gasteiger partial charge on any atom is -0.508 e. The Bertz CT molecular complexity index is 1130. The lowest BCUT2D eigenvalue weighted by atomic mass is 10.0. The molecule has 0 saturated carbocycles. The standard InChI is InChI=1S/C26H26F2N2O3/c1-2-11-29-14-21(15-29)33-25-10-7-19(12-22(25)28)30-23-9-8-20(31)13-26(23)32-16-24(30)17-3-5-18(27)6-4-17/h3-10,12-13,21,24,31H,2,11,14-16H2,1H3. The van der Waals surface area contributed by atoms with Crippen molar-refractivity contribution in [2.45, 2.75) is 25.5 Å². The summed E-state index contributed by atoms with van der Waals surface area (Å²) in [6.07, 6.45) is 1.08. The molecule has 0 aromatic heterocycles. The number of halogens is 2. The van der Waals surface area contributed by atoms with Gasteiger partial charge < -0.3 is 19.5 Å². The molecular weight excluding hydrogens is 426 g/mol. The molecule has 1 saturated heterocycles. The average Bonchev–Trinajstić information content (AvgIpc) is 2.78. The Hall–Kier alpha value is -3.32. The molecular formula is C26H26F2N2O3. The number of phenolic OH excluding ortho intramolecular Hbond substituents is 1. The maximum absolute atomic E-state index is 15.1. The van der Waals surface area contributed by atoms with Crippen LogP contribution in [0.15, 0.2) is 60.7 Å². The van der Waals surface area contributed by atoms with E-state index in [1.807, 2.05) is 11.0 Å². The van der Waals surface area contributed by atoms with Gasteiger partial charge in [-0.15, -0.1) is 0 Å². The van der Waals surface area contributed by atoms with Crippen LogP contribution in [0.3, 0.4) is 0 Å². The third-order valence-corrected chi connectivity index (χ3v) is 6.12. The third kappa shape index (κ3) is 4.33. The lowest BCUT2D eigenvalue weighted by Crippen LogP contribution is -2.53. The predicted molar refractivity (Wildman–Crippen MR) is 122 cm³/mol. The van der Waals surface area contributed by atoms with Crippen LogP contribution >= 0.6 is 0 Å². The molecule has 0 bridgehead atoms. The lowest BCUT2D eigenvalue weighted by molar-refractivity contribution is 0.0179. The van der Waals surface area contributed by atoms with Crippen LogP contribution in [-0.2, 0) is 0 Å². The van der Waals surface area contributed by atoms with Crippen LogP contribution in [0, 0.1) is 11.6 Å². The van der Waals surface area contributed by atoms with Gasteiger partial charge in [0.15, 0.2) is 11.6 Å². The molecule has 1 fully saturated rings. The van der Waals surface area contributed by atoms with Crippen LogP contribution in [0.5, 0.6) is 17.2 Å². The van der Waals surface area contributed by atoms with Gasteiger partial charge in [-0.2, -0.15) is 0 Å². The number of phenols is 1. The van der Waals surface area contributed by atoms with E-state index >= 15 is 4.39 Å². The fourth-order valence-corrected chi connectivity index (χ4v) is 4.49. The van der Waals surface area contributed by atoms with Crippen LogP contribution in [0.4, 0.5) is 20.2 Å². The van der Waals surface area contributed by atoms with E-state index in [0.29, 0.717) is 17.1 Å². The van der Waals surface area contributed by atoms with Crippen molar-refractivity contribution >= 4 is 11.4 Å². The van der Waals surface area contributed by atoms with Crippen molar-refractivity contribution in [2.24, 2.45) is 0 Å². The summed E-state index contributed by atoms with van der Waals surface area (Å²) in [5, 5.41) is 9.88. The monoisotopic (exact) mass is 452 g/mol. The van der Waals surface area contributed by atoms with Crippen LogP contribution in [0.25, 0.3) is 0 Å². The summed E-state index contributed by atoms with van der Waals surface area (Å²) in [4.78, 5) is 4.23. The van der Waals surface area contributed by atoms with E-state index in [9.17, 15) is 9.50 Å². The SMILES string of the molecule is CCCN1CC(Oc2ccc(N3c4ccc(O)cc4OCC3c3ccc(F)cc3)cc2F)C1. The molecule has 3 aromatic rings. The largest absolute Gasteiger partial charge is 0.508 e. The second-order valence-electron chi connectivity index (χ2n) is 8.51. The highest BCUT2D eigenvalue weighted by Crippen LogP contribution is 2.46. The maximum Gasteiger partial charge on any atom is 0.167 e. The molecule has 2 aliphatic heterocycles. The highest BCUT2D eigenvalue weighted by Gasteiger charge is 2.32. The summed E-state index contributed by atoms with van der Waals surface area (Å²) in [5.74, 6) is 0.0537. The van der Waals surface area contributed by atoms with Crippen molar-refractivity contribution < 1.29 is 23.4 Å². The molecule has 0 aliphatic carbocycles. The highest BCUT2D eigenvalue weighted by atomic mass is 19.1. The van der Waals surface area contributed by atoms with E-state index in [2.05, 4.69) is 11.8 Å². The number of hydrogen-bond acceptors (Lipinski definition) is 5. The Morgan fingerprint density at radius 2 is 1.82 bits per heavy atom. The van der Waals surface area contributed by atoms with E-state index in [1.54, 1.807) is 30.3 Å². The van der Waals surface area contributed by atoms with Crippen molar-refractivity contribution in [2.75, 3.05) is 31.1 Å². The quantitative estimate of drug-likeness (QED) is 0.542. The van der Waals surface area contributed by atoms with Crippen molar-refractivity contribution in [1.82, 2.24) is 4.90 Å². The zero-order valence-electron chi connectivity index (χ0n) is 18.4. The first-order chi connectivity index (χ1) is 16.0. The summed E-state index contributed by atoms with van der Waals surface area (Å²) in [6, 6.07) is 15.7. The zero-order chi connectivity index (χ0) is 22.9. The first-order valence-corrected chi connectivity index (χ1v) is 11.2. The molecule has 33 heavy (non-hydrogen) atoms. The minimum absolute atomic E-state index is 0.00375. The Labute approximate surface area is 191 Å². The third-order valence-electron chi connectivity index (χ3n) is 6.12. The number of rotatable bonds is 6. The van der Waals surface area contributed by atoms with Gasteiger partial charge in [0.1, 0.15) is 30.0 Å². The van der Waals surface area contributed by atoms with Crippen molar-refractivity contribution in [3.63, 3.8) is 0 Å². The van der Waals surface area contributed by atoms with Gasteiger partial charge in [0.2, 0.25) is 0 Å². The normalized spacial score (nSPS) is 18.4. The first kappa shape index (κ1) is 21.5. The molecule has 5 rings (SSSR count). The number of likely N-dealkylation sites (tertiary alicyclic amines) is 1. The maximum atomic E-state index is 15.1. The van der Waals surface area contributed by atoms with Crippen LogP contribution in [0.1, 0.15) is 24.9 Å². The average molecular weight is 453 g/mol. The van der Waals surface area contributed by atoms with Gasteiger partial charge in [-0.05, 0) is 54.9 Å². The summed E-state index contributed by atoms with van der Waals surface area (Å²) in [5.41, 5.74) is 2.14. The van der Waals surface area contributed by atoms with Gasteiger partial charge in [0.05, 0.1) is 11.7 Å². The van der Waals surface area contributed by atoms with E-state index in [-0.39, 0.29) is 36.1 Å². The number of fused-ring (bicyclic) bond motifs is 1. The molecule has 5 nitrogen and oxygen atoms in total. The van der Waals surface area contributed by atoms with E-state index < -0.39 is 5.82 Å². The Morgan fingerprint density at radius 1 is 1.03 bits per heavy atom. The van der Waals surface area contributed by atoms with E-state index in [0.717, 1.165) is 31.6 Å². The Morgan fingerprint density at radius 3 is 2.55 bits per heavy atom. The molecule has 0 radical (unpaired) electrons. The number of hydrogen-bond donors (Lipinski definition) is 1. The van der Waals surface area contributed by atoms with Crippen molar-refractivity contribution in [3.05, 3.63) is 77.9 Å². The zero-order valence-corrected chi connectivity index (χ0v) is 18.4. The fourth-order valence-electron chi connectivity index (χ4n) is 4.49. The summed E-state index contributed by atoms with van der Waals surface area (Å²) < 4.78 is 40.4. The number of benzene rings is 3. The lowest BCUT2D eigenvalue weighted by Gasteiger charge is -2.40. The van der Waals surface area contributed by atoms with E-state index in [1.165, 1.54) is 24.3 Å². The van der Waals surface area contributed by atoms with Gasteiger partial charge in [-0.25, -0.2) is 8.78 Å². The van der Waals surface area contributed by atoms with E-state index in [4.69, 9.17) is 9.47 Å². The molecule has 7 heteroatoms. The minimum atomic E-state index is -0.439. The molecule has 1 unspecified atom stereocenters. The van der Waals surface area contributed by atoms with Gasteiger partial charge in [0.25, 0.3) is 0 Å². The first-order valence-electron chi connectivity index (χ1n) is 11.2. The predicted octanol–water partition coefficient (Wildman–Crippen LogP) is 5.42. The van der Waals surface area contributed by atoms with Crippen LogP contribution < -0.4 is 14.4 Å². The summed E-state index contributed by atoms with van der Waals surface area (Å²) in [6.45, 7) is 5.04. The molecule has 1 atom stereocenters. The van der Waals surface area contributed by atoms with Gasteiger partial charge in [0, 0.05) is 30.9 Å². The number of anilines is 2. The second-order valence-corrected chi connectivity index (χ2v) is 8.51. The molecule has 2 heterocycles. The fraction of sp³-hybridized carbons (Fsp3) is 0.308. The van der Waals surface area contributed by atoms with Gasteiger partial charge >= 0.3 is 0 Å². The number of ether oxygens (including phenoxy) is 2. The second kappa shape index (κ2) is 8.90. The molecule has 1 N–H and O–H groups in total. The molecule has 3 aromatic carbocycles. The number of aromatic hydroxyl groups is 1. The summed E-state index contributed by atoms with van der Waals surface area (Å²) in [7, 11) is 0. The molecule has 0 amide bonds. The smallest absolute Gasteiger partial charge is 0.167 e.